The van der Waals surface area contributed by atoms with Gasteiger partial charge in [0.05, 0.1) is 5.56 Å². The second-order valence-corrected chi connectivity index (χ2v) is 5.48. The Hall–Kier alpha value is -1.61. The molecular weight excluding hydrogens is 298 g/mol. The molecule has 0 bridgehead atoms. The third-order valence-electron chi connectivity index (χ3n) is 2.40. The van der Waals surface area contributed by atoms with E-state index < -0.39 is 11.5 Å². The summed E-state index contributed by atoms with van der Waals surface area (Å²) in [5.41, 5.74) is -0.0158. The molecule has 0 radical (unpaired) electrons. The van der Waals surface area contributed by atoms with E-state index in [0.29, 0.717) is 17.8 Å². The molecule has 1 rings (SSSR count). The number of nitriles is 1. The van der Waals surface area contributed by atoms with Crippen LogP contribution < -0.4 is 5.32 Å². The maximum atomic E-state index is 10.6. The molecule has 1 heterocycles. The molecule has 0 saturated carbocycles. The summed E-state index contributed by atoms with van der Waals surface area (Å²) in [6.07, 6.45) is 2.11. The summed E-state index contributed by atoms with van der Waals surface area (Å²) >= 11 is 3.25. The summed E-state index contributed by atoms with van der Waals surface area (Å²) in [4.78, 5) is 14.7. The number of hydrogen-bond donors (Lipinski definition) is 2. The van der Waals surface area contributed by atoms with Crippen molar-refractivity contribution in [1.29, 1.82) is 5.26 Å². The molecule has 0 saturated heterocycles. The second-order valence-electron chi connectivity index (χ2n) is 4.56. The van der Waals surface area contributed by atoms with Crippen LogP contribution in [0.2, 0.25) is 0 Å². The summed E-state index contributed by atoms with van der Waals surface area (Å²) < 4.78 is 0.730. The Morgan fingerprint density at radius 2 is 2.33 bits per heavy atom. The van der Waals surface area contributed by atoms with Crippen LogP contribution in [0.4, 0.5) is 5.82 Å². The maximum absolute atomic E-state index is 10.6. The van der Waals surface area contributed by atoms with Crippen LogP contribution in [-0.4, -0.2) is 21.6 Å². The number of pyridine rings is 1. The first-order valence-corrected chi connectivity index (χ1v) is 6.19. The fraction of sp³-hybridized carbons (Fsp3) is 0.417. The Labute approximate surface area is 114 Å². The lowest BCUT2D eigenvalue weighted by Gasteiger charge is -2.26. The van der Waals surface area contributed by atoms with Crippen molar-refractivity contribution in [2.75, 3.05) is 5.32 Å². The van der Waals surface area contributed by atoms with Crippen molar-refractivity contribution < 1.29 is 9.90 Å². The first kappa shape index (κ1) is 14.5. The van der Waals surface area contributed by atoms with Crippen molar-refractivity contribution >= 4 is 27.7 Å². The molecular formula is C12H14BrN3O2. The minimum Gasteiger partial charge on any atom is -0.481 e. The average molecular weight is 312 g/mol. The minimum absolute atomic E-state index is 0.0679. The number of carboxylic acids is 1. The number of aromatic nitrogens is 1. The number of carbonyl (C=O) groups is 1. The van der Waals surface area contributed by atoms with Gasteiger partial charge in [0.15, 0.2) is 0 Å². The maximum Gasteiger partial charge on any atom is 0.303 e. The number of hydrogen-bond acceptors (Lipinski definition) is 4. The molecule has 1 aromatic rings. The van der Waals surface area contributed by atoms with E-state index in [1.165, 1.54) is 0 Å². The van der Waals surface area contributed by atoms with Gasteiger partial charge in [-0.05, 0) is 42.3 Å². The molecule has 96 valence electrons. The predicted octanol–water partition coefficient (Wildman–Crippen LogP) is 2.77. The van der Waals surface area contributed by atoms with E-state index in [0.717, 1.165) is 4.47 Å². The standard InChI is InChI=1S/C12H14BrN3O2/c1-12(2,4-3-10(17)18)16-11-8(6-14)5-9(13)7-15-11/h5,7H,3-4H2,1-2H3,(H,15,16)(H,17,18). The summed E-state index contributed by atoms with van der Waals surface area (Å²) in [6.45, 7) is 3.75. The zero-order valence-corrected chi connectivity index (χ0v) is 11.8. The molecule has 0 atom stereocenters. The average Bonchev–Trinajstić information content (AvgIpc) is 2.29. The van der Waals surface area contributed by atoms with Gasteiger partial charge in [0.25, 0.3) is 0 Å². The Morgan fingerprint density at radius 1 is 1.67 bits per heavy atom. The first-order chi connectivity index (χ1) is 8.34. The monoisotopic (exact) mass is 311 g/mol. The Kier molecular flexibility index (Phi) is 4.68. The number of aliphatic carboxylic acids is 1. The van der Waals surface area contributed by atoms with Gasteiger partial charge in [-0.15, -0.1) is 0 Å². The number of nitrogens with one attached hydrogen (secondary N) is 1. The van der Waals surface area contributed by atoms with Gasteiger partial charge >= 0.3 is 5.97 Å². The quantitative estimate of drug-likeness (QED) is 0.873. The van der Waals surface area contributed by atoms with E-state index in [4.69, 9.17) is 10.4 Å². The molecule has 0 spiro atoms. The van der Waals surface area contributed by atoms with Crippen LogP contribution in [0.15, 0.2) is 16.7 Å². The molecule has 0 fully saturated rings. The van der Waals surface area contributed by atoms with Crippen LogP contribution >= 0.6 is 15.9 Å². The summed E-state index contributed by atoms with van der Waals surface area (Å²) in [7, 11) is 0. The normalized spacial score (nSPS) is 10.8. The number of carboxylic acid groups (broad SMARTS) is 1. The predicted molar refractivity (Wildman–Crippen MR) is 71.2 cm³/mol. The smallest absolute Gasteiger partial charge is 0.303 e. The molecule has 0 amide bonds. The Balaban J connectivity index is 2.83. The molecule has 0 aromatic carbocycles. The van der Waals surface area contributed by atoms with Crippen molar-refractivity contribution in [3.05, 3.63) is 22.3 Å². The fourth-order valence-corrected chi connectivity index (χ4v) is 1.76. The molecule has 0 aliphatic heterocycles. The van der Waals surface area contributed by atoms with E-state index in [1.54, 1.807) is 12.3 Å². The fourth-order valence-electron chi connectivity index (χ4n) is 1.43. The second kappa shape index (κ2) is 5.83. The summed E-state index contributed by atoms with van der Waals surface area (Å²) in [5.74, 6) is -0.370. The van der Waals surface area contributed by atoms with Crippen molar-refractivity contribution in [2.45, 2.75) is 32.2 Å². The van der Waals surface area contributed by atoms with E-state index in [1.807, 2.05) is 13.8 Å². The zero-order chi connectivity index (χ0) is 13.8. The lowest BCUT2D eigenvalue weighted by molar-refractivity contribution is -0.137. The highest BCUT2D eigenvalue weighted by molar-refractivity contribution is 9.10. The Morgan fingerprint density at radius 3 is 2.89 bits per heavy atom. The minimum atomic E-state index is -0.839. The molecule has 0 aliphatic rings. The molecule has 18 heavy (non-hydrogen) atoms. The van der Waals surface area contributed by atoms with Crippen molar-refractivity contribution in [1.82, 2.24) is 4.98 Å². The molecule has 2 N–H and O–H groups in total. The van der Waals surface area contributed by atoms with Crippen LogP contribution in [-0.2, 0) is 4.79 Å². The van der Waals surface area contributed by atoms with Crippen LogP contribution in [0.5, 0.6) is 0 Å². The highest BCUT2D eigenvalue weighted by atomic mass is 79.9. The summed E-state index contributed by atoms with van der Waals surface area (Å²) in [5, 5.41) is 20.8. The van der Waals surface area contributed by atoms with E-state index in [2.05, 4.69) is 32.3 Å². The zero-order valence-electron chi connectivity index (χ0n) is 10.2. The summed E-state index contributed by atoms with van der Waals surface area (Å²) in [6, 6.07) is 3.72. The molecule has 0 unspecified atom stereocenters. The van der Waals surface area contributed by atoms with Gasteiger partial charge in [0, 0.05) is 22.6 Å². The first-order valence-electron chi connectivity index (χ1n) is 5.40. The largest absolute Gasteiger partial charge is 0.481 e. The van der Waals surface area contributed by atoms with E-state index in [-0.39, 0.29) is 6.42 Å². The van der Waals surface area contributed by atoms with Gasteiger partial charge < -0.3 is 10.4 Å². The third kappa shape index (κ3) is 4.34. The van der Waals surface area contributed by atoms with Gasteiger partial charge in [-0.2, -0.15) is 5.26 Å². The van der Waals surface area contributed by atoms with Crippen LogP contribution in [0.3, 0.4) is 0 Å². The van der Waals surface area contributed by atoms with Crippen molar-refractivity contribution in [3.8, 4) is 6.07 Å². The van der Waals surface area contributed by atoms with Crippen molar-refractivity contribution in [2.24, 2.45) is 0 Å². The van der Waals surface area contributed by atoms with Crippen LogP contribution in [0, 0.1) is 11.3 Å². The molecule has 1 aromatic heterocycles. The van der Waals surface area contributed by atoms with Crippen molar-refractivity contribution in [3.63, 3.8) is 0 Å². The number of rotatable bonds is 5. The van der Waals surface area contributed by atoms with Crippen LogP contribution in [0.25, 0.3) is 0 Å². The number of nitrogens with zero attached hydrogens (tertiary/aromatic N) is 2. The number of anilines is 1. The number of halogens is 1. The van der Waals surface area contributed by atoms with Gasteiger partial charge in [-0.25, -0.2) is 4.98 Å². The SMILES string of the molecule is CC(C)(CCC(=O)O)Nc1ncc(Br)cc1C#N. The van der Waals surface area contributed by atoms with Gasteiger partial charge in [-0.1, -0.05) is 0 Å². The van der Waals surface area contributed by atoms with Crippen LogP contribution in [0.1, 0.15) is 32.3 Å². The molecule has 5 nitrogen and oxygen atoms in total. The van der Waals surface area contributed by atoms with E-state index in [9.17, 15) is 4.79 Å². The van der Waals surface area contributed by atoms with Gasteiger partial charge in [0.1, 0.15) is 11.9 Å². The molecule has 6 heteroatoms. The third-order valence-corrected chi connectivity index (χ3v) is 2.83. The highest BCUT2D eigenvalue weighted by Crippen LogP contribution is 2.23. The highest BCUT2D eigenvalue weighted by Gasteiger charge is 2.20. The van der Waals surface area contributed by atoms with Gasteiger partial charge in [-0.3, -0.25) is 4.79 Å². The van der Waals surface area contributed by atoms with E-state index >= 15 is 0 Å². The lowest BCUT2D eigenvalue weighted by atomic mass is 9.98. The molecule has 0 aliphatic carbocycles. The Bertz CT molecular complexity index is 495. The van der Waals surface area contributed by atoms with Gasteiger partial charge in [0.2, 0.25) is 0 Å². The topological polar surface area (TPSA) is 86.0 Å². The lowest BCUT2D eigenvalue weighted by Crippen LogP contribution is -2.32.